The van der Waals surface area contributed by atoms with Gasteiger partial charge in [0.2, 0.25) is 0 Å². The fourth-order valence-electron chi connectivity index (χ4n) is 2.99. The maximum Gasteiger partial charge on any atom is 0.0437 e. The number of halogens is 1. The van der Waals surface area contributed by atoms with Gasteiger partial charge in [0.05, 0.1) is 0 Å². The predicted octanol–water partition coefficient (Wildman–Crippen LogP) is 4.35. The summed E-state index contributed by atoms with van der Waals surface area (Å²) in [7, 11) is 0. The molecular weight excluding hydrogens is 230 g/mol. The molecule has 1 saturated heterocycles. The third-order valence-electron chi connectivity index (χ3n) is 3.63. The van der Waals surface area contributed by atoms with Crippen LogP contribution in [0.15, 0.2) is 24.3 Å². The molecule has 1 aliphatic rings. The van der Waals surface area contributed by atoms with Crippen LogP contribution in [-0.4, -0.2) is 6.54 Å². The summed E-state index contributed by atoms with van der Waals surface area (Å²) in [5.41, 5.74) is 1.51. The van der Waals surface area contributed by atoms with E-state index in [1.54, 1.807) is 0 Å². The lowest BCUT2D eigenvalue weighted by atomic mass is 9.76. The van der Waals surface area contributed by atoms with Gasteiger partial charge in [0.25, 0.3) is 0 Å². The predicted molar refractivity (Wildman–Crippen MR) is 74.4 cm³/mol. The Hall–Kier alpha value is -0.530. The van der Waals surface area contributed by atoms with Gasteiger partial charge in [-0.25, -0.2) is 0 Å². The first-order chi connectivity index (χ1) is 8.12. The molecule has 2 rings (SSSR count). The summed E-state index contributed by atoms with van der Waals surface area (Å²) in [4.78, 5) is 0. The molecule has 1 nitrogen and oxygen atoms in total. The van der Waals surface area contributed by atoms with Crippen molar-refractivity contribution in [3.05, 3.63) is 34.9 Å². The lowest BCUT2D eigenvalue weighted by Crippen LogP contribution is -2.46. The first kappa shape index (κ1) is 12.9. The topological polar surface area (TPSA) is 12.0 Å². The van der Waals surface area contributed by atoms with Crippen molar-refractivity contribution < 1.29 is 0 Å². The largest absolute Gasteiger partial charge is 0.307 e. The Kier molecular flexibility index (Phi) is 4.11. The zero-order valence-corrected chi connectivity index (χ0v) is 11.6. The van der Waals surface area contributed by atoms with E-state index in [9.17, 15) is 0 Å². The number of rotatable bonds is 3. The lowest BCUT2D eigenvalue weighted by molar-refractivity contribution is 0.214. The second-order valence-corrected chi connectivity index (χ2v) is 6.01. The summed E-state index contributed by atoms with van der Waals surface area (Å²) >= 11 is 6.13. The average Bonchev–Trinajstić information content (AvgIpc) is 2.29. The van der Waals surface area contributed by atoms with Crippen molar-refractivity contribution in [2.45, 2.75) is 45.1 Å². The number of piperidine rings is 1. The summed E-state index contributed by atoms with van der Waals surface area (Å²) in [6.07, 6.45) is 5.02. The van der Waals surface area contributed by atoms with E-state index in [0.29, 0.717) is 5.92 Å². The first-order valence-corrected chi connectivity index (χ1v) is 7.01. The van der Waals surface area contributed by atoms with E-state index in [1.807, 2.05) is 6.07 Å². The van der Waals surface area contributed by atoms with Crippen LogP contribution in [0.3, 0.4) is 0 Å². The van der Waals surface area contributed by atoms with Crippen molar-refractivity contribution in [1.82, 2.24) is 5.32 Å². The molecule has 2 heteroatoms. The summed E-state index contributed by atoms with van der Waals surface area (Å²) in [5.74, 6) is 0.694. The van der Waals surface area contributed by atoms with Crippen LogP contribution >= 0.6 is 11.6 Å². The third-order valence-corrected chi connectivity index (χ3v) is 3.86. The van der Waals surface area contributed by atoms with Crippen molar-refractivity contribution >= 4 is 11.6 Å². The fraction of sp³-hybridized carbons (Fsp3) is 0.600. The Morgan fingerprint density at radius 3 is 2.76 bits per heavy atom. The quantitative estimate of drug-likeness (QED) is 0.842. The van der Waals surface area contributed by atoms with Crippen LogP contribution in [0.5, 0.6) is 0 Å². The second-order valence-electron chi connectivity index (χ2n) is 5.57. The van der Waals surface area contributed by atoms with Gasteiger partial charge >= 0.3 is 0 Å². The third kappa shape index (κ3) is 3.02. The molecule has 17 heavy (non-hydrogen) atoms. The SMILES string of the molecule is CC(C)CC1(c2cccc(Cl)c2)CCCCN1. The van der Waals surface area contributed by atoms with Crippen molar-refractivity contribution in [3.63, 3.8) is 0 Å². The molecule has 0 aliphatic carbocycles. The molecule has 1 fully saturated rings. The maximum absolute atomic E-state index is 6.13. The Labute approximate surface area is 110 Å². The van der Waals surface area contributed by atoms with E-state index < -0.39 is 0 Å². The summed E-state index contributed by atoms with van der Waals surface area (Å²) in [6, 6.07) is 8.36. The van der Waals surface area contributed by atoms with E-state index in [0.717, 1.165) is 11.6 Å². The fourth-order valence-corrected chi connectivity index (χ4v) is 3.18. The van der Waals surface area contributed by atoms with Crippen molar-refractivity contribution in [3.8, 4) is 0 Å². The van der Waals surface area contributed by atoms with Gasteiger partial charge in [-0.2, -0.15) is 0 Å². The molecule has 0 bridgehead atoms. The highest BCUT2D eigenvalue weighted by Gasteiger charge is 2.34. The highest BCUT2D eigenvalue weighted by Crippen LogP contribution is 2.36. The summed E-state index contributed by atoms with van der Waals surface area (Å²) in [6.45, 7) is 5.71. The maximum atomic E-state index is 6.13. The van der Waals surface area contributed by atoms with Crippen LogP contribution < -0.4 is 5.32 Å². The van der Waals surface area contributed by atoms with Gasteiger partial charge in [-0.05, 0) is 49.4 Å². The second kappa shape index (κ2) is 5.41. The highest BCUT2D eigenvalue weighted by molar-refractivity contribution is 6.30. The molecule has 1 atom stereocenters. The summed E-state index contributed by atoms with van der Waals surface area (Å²) in [5, 5.41) is 4.59. The van der Waals surface area contributed by atoms with Gasteiger partial charge in [0.1, 0.15) is 0 Å². The zero-order chi connectivity index (χ0) is 12.3. The number of benzene rings is 1. The van der Waals surface area contributed by atoms with Gasteiger partial charge in [0.15, 0.2) is 0 Å². The van der Waals surface area contributed by atoms with Crippen LogP contribution in [0.2, 0.25) is 5.02 Å². The Balaban J connectivity index is 2.31. The Morgan fingerprint density at radius 2 is 2.18 bits per heavy atom. The monoisotopic (exact) mass is 251 g/mol. The standard InChI is InChI=1S/C15H22ClN/c1-12(2)11-15(8-3-4-9-17-15)13-6-5-7-14(16)10-13/h5-7,10,12,17H,3-4,8-9,11H2,1-2H3. The molecule has 1 aliphatic heterocycles. The molecule has 0 saturated carbocycles. The lowest BCUT2D eigenvalue weighted by Gasteiger charge is -2.40. The van der Waals surface area contributed by atoms with Crippen molar-refractivity contribution in [2.24, 2.45) is 5.92 Å². The van der Waals surface area contributed by atoms with Gasteiger partial charge in [-0.15, -0.1) is 0 Å². The first-order valence-electron chi connectivity index (χ1n) is 6.63. The Morgan fingerprint density at radius 1 is 1.35 bits per heavy atom. The van der Waals surface area contributed by atoms with Gasteiger partial charge in [-0.1, -0.05) is 44.0 Å². The van der Waals surface area contributed by atoms with Crippen LogP contribution in [-0.2, 0) is 5.54 Å². The molecule has 1 N–H and O–H groups in total. The molecule has 0 radical (unpaired) electrons. The summed E-state index contributed by atoms with van der Waals surface area (Å²) < 4.78 is 0. The van der Waals surface area contributed by atoms with E-state index in [4.69, 9.17) is 11.6 Å². The van der Waals surface area contributed by atoms with Crippen LogP contribution in [0.25, 0.3) is 0 Å². The zero-order valence-electron chi connectivity index (χ0n) is 10.8. The molecule has 1 aromatic rings. The van der Waals surface area contributed by atoms with Gasteiger partial charge in [0, 0.05) is 10.6 Å². The molecule has 0 aromatic heterocycles. The van der Waals surface area contributed by atoms with E-state index in [1.165, 1.54) is 31.2 Å². The molecule has 0 spiro atoms. The van der Waals surface area contributed by atoms with Crippen LogP contribution in [0.4, 0.5) is 0 Å². The van der Waals surface area contributed by atoms with Gasteiger partial charge < -0.3 is 5.32 Å². The Bertz CT molecular complexity index is 367. The number of nitrogens with one attached hydrogen (secondary N) is 1. The van der Waals surface area contributed by atoms with Crippen molar-refractivity contribution in [1.29, 1.82) is 0 Å². The van der Waals surface area contributed by atoms with Crippen LogP contribution in [0.1, 0.15) is 45.1 Å². The molecule has 1 heterocycles. The van der Waals surface area contributed by atoms with Gasteiger partial charge in [-0.3, -0.25) is 0 Å². The van der Waals surface area contributed by atoms with Crippen LogP contribution in [0, 0.1) is 5.92 Å². The number of hydrogen-bond acceptors (Lipinski definition) is 1. The average molecular weight is 252 g/mol. The number of hydrogen-bond donors (Lipinski definition) is 1. The van der Waals surface area contributed by atoms with E-state index in [-0.39, 0.29) is 5.54 Å². The molecule has 1 aromatic carbocycles. The minimum Gasteiger partial charge on any atom is -0.307 e. The highest BCUT2D eigenvalue weighted by atomic mass is 35.5. The molecule has 1 unspecified atom stereocenters. The molecular formula is C15H22ClN. The minimum atomic E-state index is 0.150. The normalized spacial score (nSPS) is 25.2. The molecule has 0 amide bonds. The van der Waals surface area contributed by atoms with Crippen molar-refractivity contribution in [2.75, 3.05) is 6.54 Å². The minimum absolute atomic E-state index is 0.150. The van der Waals surface area contributed by atoms with E-state index >= 15 is 0 Å². The molecule has 94 valence electrons. The van der Waals surface area contributed by atoms with E-state index in [2.05, 4.69) is 37.4 Å². The smallest absolute Gasteiger partial charge is 0.0437 e.